The van der Waals surface area contributed by atoms with E-state index in [4.69, 9.17) is 5.11 Å². The third-order valence-corrected chi connectivity index (χ3v) is 8.67. The summed E-state index contributed by atoms with van der Waals surface area (Å²) >= 11 is 2.91. The molecule has 0 spiro atoms. The number of nitrogens with one attached hydrogen (secondary N) is 1. The molecule has 0 unspecified atom stereocenters. The molecule has 0 radical (unpaired) electrons. The second-order valence-electron chi connectivity index (χ2n) is 6.99. The van der Waals surface area contributed by atoms with Crippen LogP contribution in [0.5, 0.6) is 0 Å². The van der Waals surface area contributed by atoms with Crippen LogP contribution in [0.1, 0.15) is 40.2 Å². The highest BCUT2D eigenvalue weighted by atomic mass is 32.2. The van der Waals surface area contributed by atoms with Gasteiger partial charge in [-0.2, -0.15) is 4.98 Å². The Kier molecular flexibility index (Phi) is 7.57. The molecule has 1 aromatic carbocycles. The average Bonchev–Trinajstić information content (AvgIpc) is 3.06. The van der Waals surface area contributed by atoms with E-state index in [-0.39, 0.29) is 23.0 Å². The van der Waals surface area contributed by atoms with Gasteiger partial charge in [0.05, 0.1) is 21.3 Å². The number of hydrogen-bond donors (Lipinski definition) is 2. The molecule has 0 saturated carbocycles. The molecule has 8 nitrogen and oxygen atoms in total. The number of halogens is 1. The van der Waals surface area contributed by atoms with Gasteiger partial charge in [-0.1, -0.05) is 6.42 Å². The number of alkyl halides is 1. The summed E-state index contributed by atoms with van der Waals surface area (Å²) in [6.07, 6.45) is 2.03. The number of benzene rings is 1. The topological polar surface area (TPSA) is 118 Å². The first kappa shape index (κ1) is 24.2. The van der Waals surface area contributed by atoms with Gasteiger partial charge >= 0.3 is 11.7 Å². The predicted molar refractivity (Wildman–Crippen MR) is 123 cm³/mol. The minimum Gasteiger partial charge on any atom is -0.478 e. The van der Waals surface area contributed by atoms with E-state index in [0.29, 0.717) is 23.6 Å². The standard InChI is InChI=1S/C20H22FN3O5S3/c1-12-13(2)31-19(30-11-5-3-4-10-21)16-17(22-20(27)24(12)16)23-32(28,29)15-8-6-14(7-9-15)18(25)26/h6-9H,3-5,10-11H2,1-2H3,(H,25,26)(H,22,23,27). The number of fused-ring (bicyclic) bond motifs is 1. The fourth-order valence-electron chi connectivity index (χ4n) is 2.99. The molecule has 172 valence electrons. The Hall–Kier alpha value is -2.44. The molecule has 0 aromatic heterocycles. The minimum atomic E-state index is -4.11. The highest BCUT2D eigenvalue weighted by Gasteiger charge is 2.27. The Morgan fingerprint density at radius 2 is 1.91 bits per heavy atom. The molecule has 0 atom stereocenters. The van der Waals surface area contributed by atoms with Crippen LogP contribution in [-0.2, 0) is 10.0 Å². The van der Waals surface area contributed by atoms with E-state index in [1.165, 1.54) is 51.9 Å². The Morgan fingerprint density at radius 1 is 1.22 bits per heavy atom. The molecular formula is C20H22FN3O5S3. The van der Waals surface area contributed by atoms with Crippen LogP contribution in [0.4, 0.5) is 10.2 Å². The summed E-state index contributed by atoms with van der Waals surface area (Å²) in [4.78, 5) is 28.3. The predicted octanol–water partition coefficient (Wildman–Crippen LogP) is 4.08. The molecule has 2 heterocycles. The number of aromatic carboxylic acids is 1. The van der Waals surface area contributed by atoms with Gasteiger partial charge in [0.25, 0.3) is 10.0 Å². The SMILES string of the molecule is Cc1sc(SCCCCCF)c2c(NS(=O)(=O)c3ccc(C(=O)O)cc3)nc(=O)n-2c1C. The van der Waals surface area contributed by atoms with Gasteiger partial charge in [-0.25, -0.2) is 18.0 Å². The molecule has 2 aliphatic heterocycles. The Bertz CT molecular complexity index is 1250. The van der Waals surface area contributed by atoms with Gasteiger partial charge in [0.1, 0.15) is 5.69 Å². The van der Waals surface area contributed by atoms with Crippen molar-refractivity contribution in [2.45, 2.75) is 42.2 Å². The van der Waals surface area contributed by atoms with Crippen molar-refractivity contribution in [1.29, 1.82) is 0 Å². The lowest BCUT2D eigenvalue weighted by Crippen LogP contribution is -2.17. The Morgan fingerprint density at radius 3 is 2.53 bits per heavy atom. The van der Waals surface area contributed by atoms with Gasteiger partial charge in [0.2, 0.25) is 0 Å². The lowest BCUT2D eigenvalue weighted by Gasteiger charge is -2.16. The van der Waals surface area contributed by atoms with Crippen LogP contribution in [0.25, 0.3) is 5.69 Å². The molecule has 32 heavy (non-hydrogen) atoms. The molecule has 1 aromatic rings. The van der Waals surface area contributed by atoms with E-state index in [1.54, 1.807) is 6.92 Å². The number of imidazole rings is 1. The highest BCUT2D eigenvalue weighted by molar-refractivity contribution is 8.01. The molecule has 0 bridgehead atoms. The zero-order valence-electron chi connectivity index (χ0n) is 17.4. The largest absolute Gasteiger partial charge is 0.478 e. The third kappa shape index (κ3) is 5.13. The minimum absolute atomic E-state index is 0.0439. The maximum absolute atomic E-state index is 12.9. The maximum Gasteiger partial charge on any atom is 0.354 e. The molecule has 0 saturated heterocycles. The van der Waals surface area contributed by atoms with Crippen molar-refractivity contribution in [3.05, 3.63) is 50.9 Å². The molecule has 0 aliphatic carbocycles. The summed E-state index contributed by atoms with van der Waals surface area (Å²) in [7, 11) is -4.11. The van der Waals surface area contributed by atoms with Crippen LogP contribution in [-0.4, -0.2) is 41.5 Å². The first-order valence-electron chi connectivity index (χ1n) is 9.73. The smallest absolute Gasteiger partial charge is 0.354 e. The number of carbonyl (C=O) groups is 1. The molecule has 3 rings (SSSR count). The van der Waals surface area contributed by atoms with Crippen LogP contribution < -0.4 is 10.4 Å². The Labute approximate surface area is 192 Å². The van der Waals surface area contributed by atoms with E-state index in [2.05, 4.69) is 9.71 Å². The van der Waals surface area contributed by atoms with Gasteiger partial charge in [0, 0.05) is 10.6 Å². The van der Waals surface area contributed by atoms with Crippen molar-refractivity contribution in [2.24, 2.45) is 0 Å². The van der Waals surface area contributed by atoms with Gasteiger partial charge < -0.3 is 5.11 Å². The van der Waals surface area contributed by atoms with E-state index < -0.39 is 21.7 Å². The molecule has 12 heteroatoms. The average molecular weight is 500 g/mol. The van der Waals surface area contributed by atoms with Crippen molar-refractivity contribution >= 4 is 44.9 Å². The Balaban J connectivity index is 1.97. The molecule has 2 N–H and O–H groups in total. The van der Waals surface area contributed by atoms with Crippen molar-refractivity contribution in [1.82, 2.24) is 9.55 Å². The van der Waals surface area contributed by atoms with E-state index in [9.17, 15) is 22.4 Å². The quantitative estimate of drug-likeness (QED) is 0.319. The number of hydrogen-bond acceptors (Lipinski definition) is 7. The highest BCUT2D eigenvalue weighted by Crippen LogP contribution is 2.38. The second-order valence-corrected chi connectivity index (χ2v) is 11.3. The number of rotatable bonds is 10. The summed E-state index contributed by atoms with van der Waals surface area (Å²) in [5.41, 5.74) is 0.411. The lowest BCUT2D eigenvalue weighted by molar-refractivity contribution is 0.0696. The van der Waals surface area contributed by atoms with Gasteiger partial charge in [0.15, 0.2) is 5.82 Å². The van der Waals surface area contributed by atoms with Gasteiger partial charge in [-0.3, -0.25) is 13.7 Å². The molecule has 0 amide bonds. The van der Waals surface area contributed by atoms with E-state index in [0.717, 1.165) is 21.9 Å². The van der Waals surface area contributed by atoms with Crippen LogP contribution in [0.15, 0.2) is 38.2 Å². The van der Waals surface area contributed by atoms with Gasteiger partial charge in [-0.05, 0) is 56.7 Å². The maximum atomic E-state index is 12.9. The zero-order chi connectivity index (χ0) is 23.5. The monoisotopic (exact) mass is 499 g/mol. The van der Waals surface area contributed by atoms with Crippen molar-refractivity contribution in [3.63, 3.8) is 0 Å². The zero-order valence-corrected chi connectivity index (χ0v) is 19.9. The number of unbranched alkanes of at least 4 members (excludes halogenated alkanes) is 2. The van der Waals surface area contributed by atoms with Crippen LogP contribution >= 0.6 is 23.1 Å². The van der Waals surface area contributed by atoms with Crippen LogP contribution in [0, 0.1) is 13.8 Å². The second kappa shape index (κ2) is 10.0. The van der Waals surface area contributed by atoms with E-state index in [1.807, 2.05) is 6.92 Å². The lowest BCUT2D eigenvalue weighted by atomic mass is 10.2. The summed E-state index contributed by atoms with van der Waals surface area (Å²) in [5.74, 6) is -0.557. The van der Waals surface area contributed by atoms with E-state index >= 15 is 0 Å². The number of nitrogens with zero attached hydrogens (tertiary/aromatic N) is 2. The summed E-state index contributed by atoms with van der Waals surface area (Å²) in [6, 6.07) is 4.74. The van der Waals surface area contributed by atoms with Crippen molar-refractivity contribution in [3.8, 4) is 5.69 Å². The fourth-order valence-corrected chi connectivity index (χ4v) is 6.52. The molecule has 0 fully saturated rings. The first-order valence-corrected chi connectivity index (χ1v) is 13.0. The number of aryl methyl sites for hydroxylation is 1. The normalized spacial score (nSPS) is 11.7. The van der Waals surface area contributed by atoms with Crippen LogP contribution in [0.3, 0.4) is 0 Å². The number of aromatic nitrogens is 2. The number of thioether (sulfide) groups is 1. The summed E-state index contributed by atoms with van der Waals surface area (Å²) in [5, 5.41) is 9.00. The van der Waals surface area contributed by atoms with Crippen molar-refractivity contribution in [2.75, 3.05) is 17.1 Å². The van der Waals surface area contributed by atoms with Crippen molar-refractivity contribution < 1.29 is 22.7 Å². The van der Waals surface area contributed by atoms with Crippen LogP contribution in [0.2, 0.25) is 0 Å². The summed E-state index contributed by atoms with van der Waals surface area (Å²) in [6.45, 7) is 3.28. The first-order chi connectivity index (χ1) is 15.2. The third-order valence-electron chi connectivity index (χ3n) is 4.78. The van der Waals surface area contributed by atoms with Gasteiger partial charge in [-0.15, -0.1) is 23.1 Å². The number of carboxylic acids is 1. The molecular weight excluding hydrogens is 477 g/mol. The number of anilines is 1. The summed E-state index contributed by atoms with van der Waals surface area (Å²) < 4.78 is 42.6. The fraction of sp³-hybridized carbons (Fsp3) is 0.350. The number of sulfonamides is 1. The number of carboxylic acid groups (broad SMARTS) is 1. The molecule has 2 aliphatic rings.